The van der Waals surface area contributed by atoms with Crippen LogP contribution in [-0.4, -0.2) is 24.6 Å². The Bertz CT molecular complexity index is 919. The summed E-state index contributed by atoms with van der Waals surface area (Å²) >= 11 is 0. The van der Waals surface area contributed by atoms with E-state index in [2.05, 4.69) is 29.7 Å². The molecule has 0 aliphatic heterocycles. The molecule has 0 aromatic heterocycles. The van der Waals surface area contributed by atoms with E-state index in [4.69, 9.17) is 0 Å². The summed E-state index contributed by atoms with van der Waals surface area (Å²) in [5.74, 6) is 0.665. The number of hydrogen-bond donors (Lipinski definition) is 1. The van der Waals surface area contributed by atoms with Crippen molar-refractivity contribution in [2.75, 3.05) is 18.5 Å². The summed E-state index contributed by atoms with van der Waals surface area (Å²) in [5.41, 5.74) is 7.73. The predicted octanol–water partition coefficient (Wildman–Crippen LogP) is 5.58. The largest absolute Gasteiger partial charge is 0.340 e. The van der Waals surface area contributed by atoms with Crippen molar-refractivity contribution in [1.82, 2.24) is 10.4 Å². The molecule has 3 aromatic rings. The van der Waals surface area contributed by atoms with Gasteiger partial charge in [0.15, 0.2) is 0 Å². The molecule has 1 N–H and O–H groups in total. The third-order valence-electron chi connectivity index (χ3n) is 5.84. The molecule has 3 aromatic carbocycles. The van der Waals surface area contributed by atoms with Gasteiger partial charge in [0.1, 0.15) is 0 Å². The Hall–Kier alpha value is -3.11. The van der Waals surface area contributed by atoms with E-state index in [0.29, 0.717) is 5.92 Å². The molecule has 154 valence electrons. The molecule has 0 saturated carbocycles. The van der Waals surface area contributed by atoms with Crippen LogP contribution < -0.4 is 10.3 Å². The van der Waals surface area contributed by atoms with Crippen LogP contribution in [0.4, 0.5) is 16.2 Å². The molecule has 4 heteroatoms. The molecular weight excluding hydrogens is 370 g/mol. The van der Waals surface area contributed by atoms with Crippen molar-refractivity contribution in [3.8, 4) is 0 Å². The number of para-hydroxylation sites is 2. The molecule has 1 unspecified atom stereocenters. The van der Waals surface area contributed by atoms with Crippen LogP contribution in [0.2, 0.25) is 0 Å². The molecule has 1 atom stereocenters. The lowest BCUT2D eigenvalue weighted by atomic mass is 9.82. The third-order valence-corrected chi connectivity index (χ3v) is 5.84. The van der Waals surface area contributed by atoms with E-state index < -0.39 is 0 Å². The zero-order chi connectivity index (χ0) is 20.8. The van der Waals surface area contributed by atoms with Gasteiger partial charge in [0, 0.05) is 13.6 Å². The molecule has 1 aliphatic carbocycles. The average Bonchev–Trinajstić information content (AvgIpc) is 2.79. The Kier molecular flexibility index (Phi) is 6.45. The average molecular weight is 400 g/mol. The zero-order valence-electron chi connectivity index (χ0n) is 17.5. The van der Waals surface area contributed by atoms with Gasteiger partial charge < -0.3 is 0 Å². The molecule has 4 rings (SSSR count). The molecule has 30 heavy (non-hydrogen) atoms. The van der Waals surface area contributed by atoms with Crippen LogP contribution in [0, 0.1) is 5.92 Å². The molecule has 0 spiro atoms. The smallest absolute Gasteiger partial charge is 0.270 e. The number of nitrogens with zero attached hydrogens (tertiary/aromatic N) is 2. The normalized spacial score (nSPS) is 15.5. The van der Waals surface area contributed by atoms with E-state index in [1.807, 2.05) is 72.7 Å². The molecule has 4 nitrogen and oxygen atoms in total. The zero-order valence-corrected chi connectivity index (χ0v) is 17.5. The number of benzene rings is 3. The highest BCUT2D eigenvalue weighted by Gasteiger charge is 2.21. The molecule has 0 heterocycles. The maximum atomic E-state index is 13.1. The lowest BCUT2D eigenvalue weighted by Gasteiger charge is -2.29. The van der Waals surface area contributed by atoms with E-state index in [1.165, 1.54) is 17.5 Å². The second-order valence-corrected chi connectivity index (χ2v) is 8.01. The topological polar surface area (TPSA) is 35.6 Å². The summed E-state index contributed by atoms with van der Waals surface area (Å²) in [6, 6.07) is 28.1. The number of anilines is 2. The van der Waals surface area contributed by atoms with E-state index in [-0.39, 0.29) is 6.03 Å². The first-order valence-corrected chi connectivity index (χ1v) is 10.7. The number of urea groups is 1. The van der Waals surface area contributed by atoms with Gasteiger partial charge in [0.05, 0.1) is 11.4 Å². The molecule has 0 fully saturated rings. The fourth-order valence-electron chi connectivity index (χ4n) is 4.20. The molecule has 0 bridgehead atoms. The van der Waals surface area contributed by atoms with Crippen LogP contribution in [0.25, 0.3) is 0 Å². The van der Waals surface area contributed by atoms with Gasteiger partial charge in [-0.15, -0.1) is 0 Å². The van der Waals surface area contributed by atoms with Crippen LogP contribution in [-0.2, 0) is 12.8 Å². The summed E-state index contributed by atoms with van der Waals surface area (Å²) < 4.78 is 0. The minimum Gasteiger partial charge on any atom is -0.270 e. The highest BCUT2D eigenvalue weighted by atomic mass is 16.2. The minimum absolute atomic E-state index is 0.149. The van der Waals surface area contributed by atoms with Crippen LogP contribution in [0.15, 0.2) is 84.9 Å². The van der Waals surface area contributed by atoms with Gasteiger partial charge in [0.25, 0.3) is 0 Å². The van der Waals surface area contributed by atoms with E-state index >= 15 is 0 Å². The van der Waals surface area contributed by atoms with Gasteiger partial charge in [-0.1, -0.05) is 60.7 Å². The first-order chi connectivity index (χ1) is 14.7. The van der Waals surface area contributed by atoms with E-state index in [1.54, 1.807) is 4.90 Å². The number of hydrazine groups is 1. The number of carbonyl (C=O) groups is 1. The number of hydrogen-bond acceptors (Lipinski definition) is 2. The van der Waals surface area contributed by atoms with Crippen molar-refractivity contribution in [2.24, 2.45) is 5.92 Å². The fraction of sp³-hybridized carbons (Fsp3) is 0.269. The first kappa shape index (κ1) is 20.2. The van der Waals surface area contributed by atoms with Gasteiger partial charge in [-0.05, 0) is 67.0 Å². The summed E-state index contributed by atoms with van der Waals surface area (Å²) in [6.45, 7) is 0.829. The number of aryl methyl sites for hydroxylation is 1. The highest BCUT2D eigenvalue weighted by molar-refractivity contribution is 5.99. The lowest BCUT2D eigenvalue weighted by molar-refractivity contribution is 0.196. The summed E-state index contributed by atoms with van der Waals surface area (Å²) in [5, 5.41) is 1.92. The summed E-state index contributed by atoms with van der Waals surface area (Å²) in [7, 11) is 1.95. The lowest BCUT2D eigenvalue weighted by Crippen LogP contribution is -2.46. The number of carbonyl (C=O) groups excluding carboxylic acids is 1. The van der Waals surface area contributed by atoms with Crippen LogP contribution in [0.3, 0.4) is 0 Å². The highest BCUT2D eigenvalue weighted by Crippen LogP contribution is 2.28. The standard InChI is InChI=1S/C26H29N3O/c1-28(19-18-21-16-17-22-10-8-9-11-23(22)20-21)27-26(30)29(24-12-4-2-5-13-24)25-14-6-3-7-15-25/h2-15,21H,16-20H2,1H3,(H,27,30). The molecule has 0 saturated heterocycles. The van der Waals surface area contributed by atoms with Crippen LogP contribution in [0.1, 0.15) is 24.0 Å². The van der Waals surface area contributed by atoms with Crippen LogP contribution in [0.5, 0.6) is 0 Å². The summed E-state index contributed by atoms with van der Waals surface area (Å²) in [6.07, 6.45) is 4.59. The maximum absolute atomic E-state index is 13.1. The van der Waals surface area contributed by atoms with Gasteiger partial charge in [-0.3, -0.25) is 10.3 Å². The number of fused-ring (bicyclic) bond motifs is 1. The first-order valence-electron chi connectivity index (χ1n) is 10.7. The van der Waals surface area contributed by atoms with Crippen molar-refractivity contribution in [2.45, 2.75) is 25.7 Å². The van der Waals surface area contributed by atoms with Gasteiger partial charge in [-0.25, -0.2) is 9.80 Å². The molecule has 1 aliphatic rings. The fourth-order valence-corrected chi connectivity index (χ4v) is 4.20. The Labute approximate surface area is 179 Å². The Balaban J connectivity index is 1.37. The van der Waals surface area contributed by atoms with Crippen molar-refractivity contribution >= 4 is 17.4 Å². The Morgan fingerprint density at radius 3 is 2.07 bits per heavy atom. The Morgan fingerprint density at radius 2 is 1.43 bits per heavy atom. The number of rotatable bonds is 6. The predicted molar refractivity (Wildman–Crippen MR) is 123 cm³/mol. The van der Waals surface area contributed by atoms with Crippen molar-refractivity contribution < 1.29 is 4.79 Å². The monoisotopic (exact) mass is 399 g/mol. The minimum atomic E-state index is -0.149. The molecule has 2 amide bonds. The van der Waals surface area contributed by atoms with Crippen molar-refractivity contribution in [3.05, 3.63) is 96.1 Å². The Morgan fingerprint density at radius 1 is 0.867 bits per heavy atom. The van der Waals surface area contributed by atoms with Crippen LogP contribution >= 0.6 is 0 Å². The second kappa shape index (κ2) is 9.59. The third kappa shape index (κ3) is 4.89. The van der Waals surface area contributed by atoms with Gasteiger partial charge >= 0.3 is 6.03 Å². The molecule has 0 radical (unpaired) electrons. The van der Waals surface area contributed by atoms with E-state index in [0.717, 1.165) is 37.2 Å². The summed E-state index contributed by atoms with van der Waals surface area (Å²) in [4.78, 5) is 14.9. The SMILES string of the molecule is CN(CCC1CCc2ccccc2C1)NC(=O)N(c1ccccc1)c1ccccc1. The quantitative estimate of drug-likeness (QED) is 0.550. The van der Waals surface area contributed by atoms with Gasteiger partial charge in [0.2, 0.25) is 0 Å². The van der Waals surface area contributed by atoms with Gasteiger partial charge in [-0.2, -0.15) is 0 Å². The molecular formula is C26H29N3O. The number of nitrogens with one attached hydrogen (secondary N) is 1. The second-order valence-electron chi connectivity index (χ2n) is 8.01. The number of amides is 2. The van der Waals surface area contributed by atoms with E-state index in [9.17, 15) is 4.79 Å². The van der Waals surface area contributed by atoms with Crippen molar-refractivity contribution in [3.63, 3.8) is 0 Å². The maximum Gasteiger partial charge on any atom is 0.340 e. The van der Waals surface area contributed by atoms with Crippen molar-refractivity contribution in [1.29, 1.82) is 0 Å².